The molecule has 4 heterocycles. The third-order valence-electron chi connectivity index (χ3n) is 8.01. The summed E-state index contributed by atoms with van der Waals surface area (Å²) in [6.07, 6.45) is 3.76. The number of ether oxygens (including phenoxy) is 4. The number of hydrogen-bond donors (Lipinski definition) is 0. The predicted molar refractivity (Wildman–Crippen MR) is 140 cm³/mol. The molecule has 196 valence electrons. The highest BCUT2D eigenvalue weighted by molar-refractivity contribution is 6.24. The Bertz CT molecular complexity index is 1580. The van der Waals surface area contributed by atoms with Crippen molar-refractivity contribution in [3.8, 4) is 23.0 Å². The molecule has 39 heavy (non-hydrogen) atoms. The number of carbonyl (C=O) groups is 3. The maximum atomic E-state index is 14.2. The van der Waals surface area contributed by atoms with Gasteiger partial charge >= 0.3 is 0 Å². The van der Waals surface area contributed by atoms with Crippen LogP contribution in [0.3, 0.4) is 0 Å². The lowest BCUT2D eigenvalue weighted by Crippen LogP contribution is -2.44. The number of hydrogen-bond acceptors (Lipinski definition) is 8. The summed E-state index contributed by atoms with van der Waals surface area (Å²) < 4.78 is 21.6. The van der Waals surface area contributed by atoms with Crippen LogP contribution in [0.25, 0.3) is 6.08 Å². The lowest BCUT2D eigenvalue weighted by atomic mass is 9.83. The van der Waals surface area contributed by atoms with Crippen LogP contribution < -0.4 is 23.8 Å². The number of methoxy groups -OCH3 is 2. The van der Waals surface area contributed by atoms with Gasteiger partial charge in [0.25, 0.3) is 0 Å². The smallest absolute Gasteiger partial charge is 0.240 e. The molecule has 0 bridgehead atoms. The number of anilines is 1. The Kier molecular flexibility index (Phi) is 5.16. The van der Waals surface area contributed by atoms with Crippen molar-refractivity contribution in [2.24, 2.45) is 11.8 Å². The van der Waals surface area contributed by atoms with Crippen molar-refractivity contribution in [2.75, 3.05) is 25.9 Å². The molecule has 9 heteroatoms. The monoisotopic (exact) mass is 524 g/mol. The lowest BCUT2D eigenvalue weighted by molar-refractivity contribution is -0.123. The molecule has 0 aliphatic carbocycles. The molecule has 0 N–H and O–H groups in total. The van der Waals surface area contributed by atoms with Gasteiger partial charge in [-0.3, -0.25) is 14.4 Å². The van der Waals surface area contributed by atoms with E-state index in [4.69, 9.17) is 18.9 Å². The molecule has 2 amide bonds. The average Bonchev–Trinajstić information content (AvgIpc) is 3.64. The molecule has 7 rings (SSSR count). The Labute approximate surface area is 224 Å². The fourth-order valence-electron chi connectivity index (χ4n) is 6.30. The minimum Gasteiger partial charge on any atom is -0.493 e. The third-order valence-corrected chi connectivity index (χ3v) is 8.01. The summed E-state index contributed by atoms with van der Waals surface area (Å²) in [5.41, 5.74) is 2.63. The molecule has 3 aromatic rings. The van der Waals surface area contributed by atoms with Crippen molar-refractivity contribution >= 4 is 29.4 Å². The molecule has 4 aliphatic rings. The van der Waals surface area contributed by atoms with Crippen molar-refractivity contribution in [2.45, 2.75) is 12.1 Å². The van der Waals surface area contributed by atoms with Crippen LogP contribution >= 0.6 is 0 Å². The van der Waals surface area contributed by atoms with Gasteiger partial charge in [0, 0.05) is 17.8 Å². The van der Waals surface area contributed by atoms with Crippen molar-refractivity contribution in [3.05, 3.63) is 83.6 Å². The van der Waals surface area contributed by atoms with Crippen LogP contribution in [0.5, 0.6) is 23.0 Å². The zero-order chi connectivity index (χ0) is 26.8. The Morgan fingerprint density at radius 3 is 2.46 bits per heavy atom. The molecule has 0 spiro atoms. The number of Topliss-reactive ketones (excluding diaryl/α,β-unsaturated/α-hetero) is 1. The van der Waals surface area contributed by atoms with Gasteiger partial charge in [0.2, 0.25) is 18.6 Å². The molecule has 4 atom stereocenters. The Morgan fingerprint density at radius 2 is 1.64 bits per heavy atom. The van der Waals surface area contributed by atoms with Crippen molar-refractivity contribution in [1.82, 2.24) is 4.90 Å². The number of imide groups is 1. The molecule has 0 unspecified atom stereocenters. The maximum Gasteiger partial charge on any atom is 0.240 e. The molecule has 4 aliphatic heterocycles. The third kappa shape index (κ3) is 3.29. The van der Waals surface area contributed by atoms with Gasteiger partial charge in [-0.05, 0) is 47.5 Å². The molecule has 0 radical (unpaired) electrons. The standard InChI is InChI=1S/C30H24N2O7/c1-36-20-9-7-17(13-22(20)37-2)28(33)27-25-24(26-19-6-4-3-5-16(19)11-12-31(26)27)29(34)32(30(25)35)18-8-10-21-23(14-18)39-15-38-21/h3-14,24-27H,15H2,1-2H3/t24-,25+,26-,27-/m0/s1. The number of ketones is 1. The summed E-state index contributed by atoms with van der Waals surface area (Å²) in [6.45, 7) is 0.0774. The average molecular weight is 525 g/mol. The van der Waals surface area contributed by atoms with Crippen LogP contribution in [0.1, 0.15) is 27.5 Å². The number of nitrogens with zero attached hydrogens (tertiary/aromatic N) is 2. The normalized spacial score (nSPS) is 23.9. The second-order valence-electron chi connectivity index (χ2n) is 9.82. The highest BCUT2D eigenvalue weighted by Gasteiger charge is 2.64. The SMILES string of the molecule is COc1ccc(C(=O)[C@@H]2[C@@H]3C(=O)N(c4ccc5c(c4)OCO5)C(=O)[C@@H]3[C@@H]3c4ccccc4C=CN23)cc1OC. The predicted octanol–water partition coefficient (Wildman–Crippen LogP) is 3.83. The first-order valence-electron chi connectivity index (χ1n) is 12.6. The lowest BCUT2D eigenvalue weighted by Gasteiger charge is -2.35. The van der Waals surface area contributed by atoms with Crippen LogP contribution in [0.2, 0.25) is 0 Å². The van der Waals surface area contributed by atoms with E-state index < -0.39 is 29.8 Å². The molecule has 0 aromatic heterocycles. The Balaban J connectivity index is 1.35. The summed E-state index contributed by atoms with van der Waals surface area (Å²) in [5.74, 6) is -0.741. The molecular weight excluding hydrogens is 500 g/mol. The van der Waals surface area contributed by atoms with Gasteiger partial charge in [0.15, 0.2) is 28.8 Å². The van der Waals surface area contributed by atoms with Crippen LogP contribution in [0, 0.1) is 11.8 Å². The Morgan fingerprint density at radius 1 is 0.872 bits per heavy atom. The summed E-state index contributed by atoms with van der Waals surface area (Å²) in [7, 11) is 3.02. The van der Waals surface area contributed by atoms with E-state index in [0.29, 0.717) is 34.2 Å². The zero-order valence-corrected chi connectivity index (χ0v) is 21.2. The first-order chi connectivity index (χ1) is 19.0. The number of carbonyl (C=O) groups excluding carboxylic acids is 3. The minimum atomic E-state index is -0.891. The molecule has 2 fully saturated rings. The van der Waals surface area contributed by atoms with Gasteiger partial charge in [-0.2, -0.15) is 0 Å². The number of amides is 2. The van der Waals surface area contributed by atoms with Gasteiger partial charge in [0.1, 0.15) is 6.04 Å². The van der Waals surface area contributed by atoms with Crippen LogP contribution in [-0.4, -0.2) is 49.6 Å². The second-order valence-corrected chi connectivity index (χ2v) is 9.82. The van der Waals surface area contributed by atoms with Gasteiger partial charge in [-0.1, -0.05) is 24.3 Å². The van der Waals surface area contributed by atoms with Crippen molar-refractivity contribution in [1.29, 1.82) is 0 Å². The highest BCUT2D eigenvalue weighted by Crippen LogP contribution is 2.54. The summed E-state index contributed by atoms with van der Waals surface area (Å²) in [4.78, 5) is 45.5. The first kappa shape index (κ1) is 23.3. The fraction of sp³-hybridized carbons (Fsp3) is 0.233. The van der Waals surface area contributed by atoms with E-state index in [0.717, 1.165) is 11.1 Å². The molecular formula is C30H24N2O7. The van der Waals surface area contributed by atoms with Crippen molar-refractivity contribution in [3.63, 3.8) is 0 Å². The number of benzene rings is 3. The number of fused-ring (bicyclic) bond motifs is 6. The van der Waals surface area contributed by atoms with Gasteiger partial charge < -0.3 is 23.8 Å². The number of rotatable bonds is 5. The van der Waals surface area contributed by atoms with Crippen molar-refractivity contribution < 1.29 is 33.3 Å². The van der Waals surface area contributed by atoms with E-state index in [1.54, 1.807) is 36.4 Å². The summed E-state index contributed by atoms with van der Waals surface area (Å²) in [5, 5.41) is 0. The fourth-order valence-corrected chi connectivity index (χ4v) is 6.30. The minimum absolute atomic E-state index is 0.0774. The van der Waals surface area contributed by atoms with E-state index in [-0.39, 0.29) is 18.5 Å². The summed E-state index contributed by atoms with van der Waals surface area (Å²) in [6, 6.07) is 16.3. The van der Waals surface area contributed by atoms with Gasteiger partial charge in [0.05, 0.1) is 37.8 Å². The van der Waals surface area contributed by atoms with Crippen LogP contribution in [-0.2, 0) is 9.59 Å². The van der Waals surface area contributed by atoms with Crippen LogP contribution in [0.15, 0.2) is 66.9 Å². The van der Waals surface area contributed by atoms with E-state index in [1.165, 1.54) is 19.1 Å². The maximum absolute atomic E-state index is 14.2. The van der Waals surface area contributed by atoms with Gasteiger partial charge in [-0.25, -0.2) is 4.90 Å². The summed E-state index contributed by atoms with van der Waals surface area (Å²) >= 11 is 0. The van der Waals surface area contributed by atoms with E-state index in [1.807, 2.05) is 41.4 Å². The largest absolute Gasteiger partial charge is 0.493 e. The second kappa shape index (κ2) is 8.62. The molecule has 0 saturated carbocycles. The molecule has 2 saturated heterocycles. The van der Waals surface area contributed by atoms with E-state index >= 15 is 0 Å². The highest BCUT2D eigenvalue weighted by atomic mass is 16.7. The topological polar surface area (TPSA) is 94.6 Å². The zero-order valence-electron chi connectivity index (χ0n) is 21.2. The van der Waals surface area contributed by atoms with Crippen LogP contribution in [0.4, 0.5) is 5.69 Å². The molecule has 9 nitrogen and oxygen atoms in total. The van der Waals surface area contributed by atoms with Gasteiger partial charge in [-0.15, -0.1) is 0 Å². The molecule has 3 aromatic carbocycles. The Hall–Kier alpha value is -4.79. The van der Waals surface area contributed by atoms with E-state index in [9.17, 15) is 14.4 Å². The first-order valence-corrected chi connectivity index (χ1v) is 12.6. The quantitative estimate of drug-likeness (QED) is 0.367. The van der Waals surface area contributed by atoms with E-state index in [2.05, 4.69) is 0 Å².